The van der Waals surface area contributed by atoms with Crippen LogP contribution in [-0.4, -0.2) is 82.6 Å². The van der Waals surface area contributed by atoms with Crippen LogP contribution >= 0.6 is 0 Å². The van der Waals surface area contributed by atoms with Crippen molar-refractivity contribution in [3.8, 4) is 11.1 Å². The maximum atomic E-state index is 12.7. The lowest BCUT2D eigenvalue weighted by atomic mass is 9.94. The second-order valence-electron chi connectivity index (χ2n) is 11.1. The van der Waals surface area contributed by atoms with Gasteiger partial charge in [0.15, 0.2) is 0 Å². The molecule has 0 spiro atoms. The van der Waals surface area contributed by atoms with Crippen molar-refractivity contribution in [3.63, 3.8) is 0 Å². The van der Waals surface area contributed by atoms with E-state index < -0.39 is 12.2 Å². The van der Waals surface area contributed by atoms with Crippen molar-refractivity contribution in [1.82, 2.24) is 19.7 Å². The van der Waals surface area contributed by atoms with Crippen molar-refractivity contribution in [2.24, 2.45) is 5.92 Å². The number of aromatic nitrogens is 1. The van der Waals surface area contributed by atoms with E-state index >= 15 is 0 Å². The van der Waals surface area contributed by atoms with Crippen LogP contribution in [0, 0.1) is 5.92 Å². The van der Waals surface area contributed by atoms with Crippen LogP contribution in [0.15, 0.2) is 42.7 Å². The van der Waals surface area contributed by atoms with Crippen molar-refractivity contribution >= 4 is 24.0 Å². The topological polar surface area (TPSA) is 109 Å². The lowest BCUT2D eigenvalue weighted by molar-refractivity contribution is -0.133. The van der Waals surface area contributed by atoms with E-state index in [1.165, 1.54) is 20.9 Å². The second kappa shape index (κ2) is 13.2. The maximum Gasteiger partial charge on any atom is 0.416 e. The van der Waals surface area contributed by atoms with Gasteiger partial charge in [-0.25, -0.2) is 19.4 Å². The Hall–Kier alpha value is -3.79. The van der Waals surface area contributed by atoms with Crippen molar-refractivity contribution in [3.05, 3.63) is 53.9 Å². The smallest absolute Gasteiger partial charge is 0.416 e. The van der Waals surface area contributed by atoms with Gasteiger partial charge in [0.1, 0.15) is 13.2 Å². The Balaban J connectivity index is 1.11. The third-order valence-corrected chi connectivity index (χ3v) is 8.22. The zero-order valence-electron chi connectivity index (χ0n) is 23.6. The highest BCUT2D eigenvalue weighted by molar-refractivity contribution is 5.94. The molecule has 10 nitrogen and oxygen atoms in total. The van der Waals surface area contributed by atoms with Crippen LogP contribution in [0.5, 0.6) is 0 Å². The van der Waals surface area contributed by atoms with Gasteiger partial charge in [-0.3, -0.25) is 19.5 Å². The van der Waals surface area contributed by atoms with E-state index in [2.05, 4.69) is 40.2 Å². The molecule has 0 aliphatic carbocycles. The summed E-state index contributed by atoms with van der Waals surface area (Å²) in [5, 5.41) is 0. The Labute approximate surface area is 240 Å². The van der Waals surface area contributed by atoms with Crippen molar-refractivity contribution in [2.75, 3.05) is 32.8 Å². The second-order valence-corrected chi connectivity index (χ2v) is 11.1. The van der Waals surface area contributed by atoms with E-state index in [1.54, 1.807) is 0 Å². The number of likely N-dealkylation sites (tertiary alicyclic amines) is 1. The number of imide groups is 2. The standard InChI is InChI=1S/C31H38N4O6/c1-22-21-41-31(39)35(22)28(36)9-4-2-3-6-23-7-5-8-25(18-23)27-19-32-13-10-26(27)20-33-14-11-24(12-15-33)29(37)34-16-17-40-30(34)38/h5,7-8,10,13,18-19,22,24H,2-4,6,9,11-12,14-17,20-21H2,1H3/t22-/m1/s1. The Morgan fingerprint density at radius 2 is 1.83 bits per heavy atom. The number of pyridine rings is 1. The molecule has 1 aromatic heterocycles. The lowest BCUT2D eigenvalue weighted by Crippen LogP contribution is -2.42. The number of amides is 4. The van der Waals surface area contributed by atoms with Crippen LogP contribution in [-0.2, 0) is 32.0 Å². The summed E-state index contributed by atoms with van der Waals surface area (Å²) in [6, 6.07) is 10.4. The van der Waals surface area contributed by atoms with Gasteiger partial charge in [-0.05, 0) is 74.9 Å². The van der Waals surface area contributed by atoms with Crippen molar-refractivity contribution in [1.29, 1.82) is 0 Å². The summed E-state index contributed by atoms with van der Waals surface area (Å²) in [6.45, 7) is 5.09. The summed E-state index contributed by atoms with van der Waals surface area (Å²) >= 11 is 0. The van der Waals surface area contributed by atoms with Gasteiger partial charge in [-0.15, -0.1) is 0 Å². The fraction of sp³-hybridized carbons (Fsp3) is 0.516. The molecule has 2 aromatic rings. The first-order valence-corrected chi connectivity index (χ1v) is 14.6. The minimum atomic E-state index is -0.528. The van der Waals surface area contributed by atoms with Crippen LogP contribution in [0.1, 0.15) is 56.6 Å². The Morgan fingerprint density at radius 1 is 1.00 bits per heavy atom. The third-order valence-electron chi connectivity index (χ3n) is 8.22. The zero-order chi connectivity index (χ0) is 28.8. The molecule has 4 heterocycles. The Morgan fingerprint density at radius 3 is 2.56 bits per heavy atom. The fourth-order valence-electron chi connectivity index (χ4n) is 5.87. The van der Waals surface area contributed by atoms with Crippen LogP contribution in [0.2, 0.25) is 0 Å². The van der Waals surface area contributed by atoms with E-state index in [4.69, 9.17) is 9.47 Å². The number of hydrogen-bond acceptors (Lipinski definition) is 8. The van der Waals surface area contributed by atoms with Gasteiger partial charge in [-0.2, -0.15) is 0 Å². The molecule has 3 saturated heterocycles. The third kappa shape index (κ3) is 6.93. The molecule has 1 aromatic carbocycles. The van der Waals surface area contributed by atoms with E-state index in [1.807, 2.05) is 19.3 Å². The summed E-state index contributed by atoms with van der Waals surface area (Å²) in [5.41, 5.74) is 4.66. The number of carbonyl (C=O) groups is 4. The normalized spacial score (nSPS) is 19.9. The first kappa shape index (κ1) is 28.7. The van der Waals surface area contributed by atoms with Crippen molar-refractivity contribution < 1.29 is 28.7 Å². The summed E-state index contributed by atoms with van der Waals surface area (Å²) in [7, 11) is 0. The van der Waals surface area contributed by atoms with Crippen LogP contribution in [0.4, 0.5) is 9.59 Å². The molecule has 5 rings (SSSR count). The number of rotatable bonds is 10. The average Bonchev–Trinajstić information content (AvgIpc) is 3.57. The highest BCUT2D eigenvalue weighted by Crippen LogP contribution is 2.28. The first-order chi connectivity index (χ1) is 19.9. The zero-order valence-corrected chi connectivity index (χ0v) is 23.6. The molecular weight excluding hydrogens is 524 g/mol. The highest BCUT2D eigenvalue weighted by Gasteiger charge is 2.36. The minimum absolute atomic E-state index is 0.106. The molecule has 4 amide bonds. The van der Waals surface area contributed by atoms with Gasteiger partial charge in [0.05, 0.1) is 12.6 Å². The van der Waals surface area contributed by atoms with Gasteiger partial charge in [-0.1, -0.05) is 30.7 Å². The molecular formula is C31H38N4O6. The highest BCUT2D eigenvalue weighted by atomic mass is 16.6. The van der Waals surface area contributed by atoms with Crippen molar-refractivity contribution in [2.45, 2.75) is 64.5 Å². The number of ether oxygens (including phenoxy) is 2. The summed E-state index contributed by atoms with van der Waals surface area (Å²) in [6.07, 6.45) is 8.02. The largest absolute Gasteiger partial charge is 0.447 e. The molecule has 0 bridgehead atoms. The average molecular weight is 563 g/mol. The first-order valence-electron chi connectivity index (χ1n) is 14.6. The predicted molar refractivity (Wildman–Crippen MR) is 151 cm³/mol. The molecule has 3 fully saturated rings. The lowest BCUT2D eigenvalue weighted by Gasteiger charge is -2.32. The molecule has 0 radical (unpaired) electrons. The predicted octanol–water partition coefficient (Wildman–Crippen LogP) is 4.41. The minimum Gasteiger partial charge on any atom is -0.447 e. The van der Waals surface area contributed by atoms with Gasteiger partial charge < -0.3 is 9.47 Å². The monoisotopic (exact) mass is 562 g/mol. The number of hydrogen-bond donors (Lipinski definition) is 0. The molecule has 10 heteroatoms. The number of benzene rings is 1. The summed E-state index contributed by atoms with van der Waals surface area (Å²) in [5.74, 6) is -0.395. The van der Waals surface area contributed by atoms with E-state index in [-0.39, 0.29) is 37.0 Å². The molecule has 1 atom stereocenters. The Bertz CT molecular complexity index is 1270. The van der Waals surface area contributed by atoms with Gasteiger partial charge in [0.2, 0.25) is 11.8 Å². The van der Waals surface area contributed by atoms with Crippen LogP contribution < -0.4 is 0 Å². The molecule has 0 N–H and O–H groups in total. The van der Waals surface area contributed by atoms with E-state index in [9.17, 15) is 19.2 Å². The Kier molecular flexibility index (Phi) is 9.28. The number of carbonyl (C=O) groups excluding carboxylic acids is 4. The van der Waals surface area contributed by atoms with E-state index in [0.29, 0.717) is 13.0 Å². The van der Waals surface area contributed by atoms with Gasteiger partial charge >= 0.3 is 12.2 Å². The molecule has 0 saturated carbocycles. The number of unbranched alkanes of at least 4 members (excludes halogenated alkanes) is 2. The van der Waals surface area contributed by atoms with Crippen LogP contribution in [0.25, 0.3) is 11.1 Å². The van der Waals surface area contributed by atoms with Crippen LogP contribution in [0.3, 0.4) is 0 Å². The quantitative estimate of drug-likeness (QED) is 0.392. The maximum absolute atomic E-state index is 12.7. The SMILES string of the molecule is C[C@@H]1COC(=O)N1C(=O)CCCCCc1cccc(-c2cnccc2CN2CCC(C(=O)N3CCOC3=O)CC2)c1. The number of aryl methyl sites for hydroxylation is 1. The number of cyclic esters (lactones) is 2. The molecule has 218 valence electrons. The molecule has 41 heavy (non-hydrogen) atoms. The summed E-state index contributed by atoms with van der Waals surface area (Å²) in [4.78, 5) is 57.8. The number of nitrogens with zero attached hydrogens (tertiary/aromatic N) is 4. The molecule has 3 aliphatic heterocycles. The van der Waals surface area contributed by atoms with Gasteiger partial charge in [0, 0.05) is 36.8 Å². The fourth-order valence-corrected chi connectivity index (χ4v) is 5.87. The molecule has 3 aliphatic rings. The molecule has 0 unspecified atom stereocenters. The van der Waals surface area contributed by atoms with Gasteiger partial charge in [0.25, 0.3) is 0 Å². The number of piperidine rings is 1. The summed E-state index contributed by atoms with van der Waals surface area (Å²) < 4.78 is 9.88. The van der Waals surface area contributed by atoms with E-state index in [0.717, 1.165) is 69.3 Å².